The summed E-state index contributed by atoms with van der Waals surface area (Å²) in [5.74, 6) is -2.86. The van der Waals surface area contributed by atoms with Crippen LogP contribution in [0.2, 0.25) is 0 Å². The summed E-state index contributed by atoms with van der Waals surface area (Å²) in [6.07, 6.45) is -0.0287. The lowest BCUT2D eigenvalue weighted by Gasteiger charge is -2.13. The van der Waals surface area contributed by atoms with E-state index in [1.165, 1.54) is 30.3 Å². The molecule has 0 aromatic heterocycles. The second kappa shape index (κ2) is 9.17. The zero-order valence-corrected chi connectivity index (χ0v) is 14.6. The number of rotatable bonds is 9. The molecule has 2 aromatic carbocycles. The largest absolute Gasteiger partial charge is 0.507 e. The summed E-state index contributed by atoms with van der Waals surface area (Å²) in [6, 6.07) is 9.12. The lowest BCUT2D eigenvalue weighted by atomic mass is 10.1. The predicted octanol–water partition coefficient (Wildman–Crippen LogP) is 0.842. The maximum atomic E-state index is 12.1. The van der Waals surface area contributed by atoms with Crippen LogP contribution in [-0.4, -0.2) is 40.3 Å². The van der Waals surface area contributed by atoms with Gasteiger partial charge in [-0.05, 0) is 29.8 Å². The third kappa shape index (κ3) is 5.31. The van der Waals surface area contributed by atoms with Crippen molar-refractivity contribution in [1.29, 1.82) is 0 Å². The first kappa shape index (κ1) is 20.4. The number of hydrogen-bond donors (Lipinski definition) is 4. The van der Waals surface area contributed by atoms with Crippen molar-refractivity contribution in [2.75, 3.05) is 0 Å². The second-order valence-electron chi connectivity index (χ2n) is 5.83. The minimum atomic E-state index is -1.42. The van der Waals surface area contributed by atoms with Crippen LogP contribution in [0.3, 0.4) is 0 Å². The molecule has 9 nitrogen and oxygen atoms in total. The van der Waals surface area contributed by atoms with Gasteiger partial charge in [0.05, 0.1) is 12.0 Å². The fraction of sp³-hybridized carbons (Fsp3) is 0.158. The number of amides is 2. The van der Waals surface area contributed by atoms with Crippen molar-refractivity contribution < 1.29 is 34.1 Å². The SMILES string of the molecule is NC(=O)C[C@H](NC(=O)c1ccc(COc2cccc(O)c2C=O)cc1)C(=O)O. The van der Waals surface area contributed by atoms with Crippen LogP contribution < -0.4 is 15.8 Å². The van der Waals surface area contributed by atoms with E-state index in [0.29, 0.717) is 11.8 Å². The number of primary amides is 1. The Hall–Kier alpha value is -3.88. The first-order valence-electron chi connectivity index (χ1n) is 8.12. The Morgan fingerprint density at radius 3 is 2.39 bits per heavy atom. The molecule has 2 aromatic rings. The Morgan fingerprint density at radius 1 is 1.14 bits per heavy atom. The topological polar surface area (TPSA) is 156 Å². The molecule has 0 fully saturated rings. The molecule has 0 aliphatic heterocycles. The van der Waals surface area contributed by atoms with Crippen molar-refractivity contribution in [3.8, 4) is 11.5 Å². The van der Waals surface area contributed by atoms with E-state index in [1.807, 2.05) is 0 Å². The van der Waals surface area contributed by atoms with Crippen LogP contribution in [0.1, 0.15) is 32.7 Å². The van der Waals surface area contributed by atoms with Crippen LogP contribution in [0.25, 0.3) is 0 Å². The number of aldehydes is 1. The van der Waals surface area contributed by atoms with E-state index in [9.17, 15) is 24.3 Å². The number of carbonyl (C=O) groups is 4. The number of nitrogens with one attached hydrogen (secondary N) is 1. The first-order chi connectivity index (χ1) is 13.3. The molecule has 0 spiro atoms. The summed E-state index contributed by atoms with van der Waals surface area (Å²) in [5.41, 5.74) is 5.86. The van der Waals surface area contributed by atoms with Gasteiger partial charge in [-0.1, -0.05) is 18.2 Å². The standard InChI is InChI=1S/C19H18N2O7/c20-17(24)8-14(19(26)27)21-18(25)12-6-4-11(5-7-12)10-28-16-3-1-2-15(23)13(16)9-22/h1-7,9,14,23H,8,10H2,(H2,20,24)(H,21,25)(H,26,27)/t14-/m0/s1. The minimum absolute atomic E-state index is 0.0349. The zero-order chi connectivity index (χ0) is 20.7. The van der Waals surface area contributed by atoms with Gasteiger partial charge in [0.2, 0.25) is 5.91 Å². The van der Waals surface area contributed by atoms with Crippen LogP contribution in [0.5, 0.6) is 11.5 Å². The molecule has 0 saturated heterocycles. The molecule has 0 aliphatic carbocycles. The lowest BCUT2D eigenvalue weighted by Crippen LogP contribution is -2.43. The Balaban J connectivity index is 2.02. The number of carboxylic acid groups (broad SMARTS) is 1. The molecule has 2 rings (SSSR count). The van der Waals surface area contributed by atoms with E-state index >= 15 is 0 Å². The number of nitrogens with two attached hydrogens (primary N) is 1. The molecule has 28 heavy (non-hydrogen) atoms. The van der Waals surface area contributed by atoms with E-state index in [-0.39, 0.29) is 29.2 Å². The number of benzene rings is 2. The van der Waals surface area contributed by atoms with Crippen LogP contribution in [0, 0.1) is 0 Å². The van der Waals surface area contributed by atoms with Gasteiger partial charge in [-0.25, -0.2) is 4.79 Å². The molecular formula is C19H18N2O7. The third-order valence-electron chi connectivity index (χ3n) is 3.78. The normalized spacial score (nSPS) is 11.3. The van der Waals surface area contributed by atoms with Gasteiger partial charge in [0.15, 0.2) is 6.29 Å². The Morgan fingerprint density at radius 2 is 1.82 bits per heavy atom. The van der Waals surface area contributed by atoms with Gasteiger partial charge in [-0.3, -0.25) is 14.4 Å². The molecule has 5 N–H and O–H groups in total. The molecule has 0 saturated carbocycles. The molecule has 146 valence electrons. The molecule has 2 amide bonds. The van der Waals surface area contributed by atoms with E-state index in [4.69, 9.17) is 15.6 Å². The Labute approximate surface area is 159 Å². The monoisotopic (exact) mass is 386 g/mol. The summed E-state index contributed by atoms with van der Waals surface area (Å²) in [5, 5.41) is 20.9. The van der Waals surface area contributed by atoms with Crippen molar-refractivity contribution in [3.05, 3.63) is 59.2 Å². The highest BCUT2D eigenvalue weighted by atomic mass is 16.5. The lowest BCUT2D eigenvalue weighted by molar-refractivity contribution is -0.140. The Kier molecular flexibility index (Phi) is 6.69. The molecule has 0 radical (unpaired) electrons. The van der Waals surface area contributed by atoms with E-state index in [1.54, 1.807) is 12.1 Å². The minimum Gasteiger partial charge on any atom is -0.507 e. The number of hydrogen-bond acceptors (Lipinski definition) is 6. The highest BCUT2D eigenvalue weighted by Crippen LogP contribution is 2.26. The molecule has 0 aliphatic rings. The first-order valence-corrected chi connectivity index (χ1v) is 8.12. The van der Waals surface area contributed by atoms with Crippen LogP contribution in [0.4, 0.5) is 0 Å². The van der Waals surface area contributed by atoms with E-state index < -0.39 is 30.2 Å². The Bertz CT molecular complexity index is 894. The van der Waals surface area contributed by atoms with Crippen LogP contribution in [0.15, 0.2) is 42.5 Å². The smallest absolute Gasteiger partial charge is 0.326 e. The number of aliphatic carboxylic acids is 1. The maximum absolute atomic E-state index is 12.1. The molecule has 9 heteroatoms. The molecular weight excluding hydrogens is 368 g/mol. The van der Waals surface area contributed by atoms with Gasteiger partial charge in [-0.2, -0.15) is 0 Å². The number of carboxylic acids is 1. The highest BCUT2D eigenvalue weighted by molar-refractivity contribution is 5.97. The highest BCUT2D eigenvalue weighted by Gasteiger charge is 2.22. The summed E-state index contributed by atoms with van der Waals surface area (Å²) >= 11 is 0. The summed E-state index contributed by atoms with van der Waals surface area (Å²) in [4.78, 5) is 45.1. The van der Waals surface area contributed by atoms with Gasteiger partial charge in [0.1, 0.15) is 24.1 Å². The molecule has 0 unspecified atom stereocenters. The number of aromatic hydroxyl groups is 1. The van der Waals surface area contributed by atoms with Gasteiger partial charge < -0.3 is 26.0 Å². The van der Waals surface area contributed by atoms with Crippen LogP contribution >= 0.6 is 0 Å². The number of phenolic OH excluding ortho intramolecular Hbond substituents is 1. The quantitative estimate of drug-likeness (QED) is 0.465. The number of ether oxygens (including phenoxy) is 1. The van der Waals surface area contributed by atoms with Crippen molar-refractivity contribution >= 4 is 24.1 Å². The fourth-order valence-corrected chi connectivity index (χ4v) is 2.33. The van der Waals surface area contributed by atoms with Gasteiger partial charge in [0, 0.05) is 5.56 Å². The predicted molar refractivity (Wildman–Crippen MR) is 97.0 cm³/mol. The number of carbonyl (C=O) groups excluding carboxylic acids is 3. The average Bonchev–Trinajstić information content (AvgIpc) is 2.65. The van der Waals surface area contributed by atoms with Crippen molar-refractivity contribution in [2.45, 2.75) is 19.1 Å². The van der Waals surface area contributed by atoms with Crippen molar-refractivity contribution in [2.24, 2.45) is 5.73 Å². The summed E-state index contributed by atoms with van der Waals surface area (Å²) < 4.78 is 5.51. The average molecular weight is 386 g/mol. The maximum Gasteiger partial charge on any atom is 0.326 e. The zero-order valence-electron chi connectivity index (χ0n) is 14.6. The van der Waals surface area contributed by atoms with Gasteiger partial charge in [-0.15, -0.1) is 0 Å². The van der Waals surface area contributed by atoms with Crippen molar-refractivity contribution in [1.82, 2.24) is 5.32 Å². The third-order valence-corrected chi connectivity index (χ3v) is 3.78. The van der Waals surface area contributed by atoms with Gasteiger partial charge in [0.25, 0.3) is 5.91 Å². The summed E-state index contributed by atoms with van der Waals surface area (Å²) in [7, 11) is 0. The van der Waals surface area contributed by atoms with E-state index in [0.717, 1.165) is 0 Å². The summed E-state index contributed by atoms with van der Waals surface area (Å²) in [6.45, 7) is 0.0750. The fourth-order valence-electron chi connectivity index (χ4n) is 2.33. The molecule has 1 atom stereocenters. The second-order valence-corrected chi connectivity index (χ2v) is 5.83. The van der Waals surface area contributed by atoms with Crippen LogP contribution in [-0.2, 0) is 16.2 Å². The van der Waals surface area contributed by atoms with E-state index in [2.05, 4.69) is 5.32 Å². The number of phenols is 1. The van der Waals surface area contributed by atoms with Gasteiger partial charge >= 0.3 is 5.97 Å². The van der Waals surface area contributed by atoms with Crippen molar-refractivity contribution in [3.63, 3.8) is 0 Å². The molecule has 0 heterocycles. The molecule has 0 bridgehead atoms.